The number of carbonyl (C=O) groups is 1. The molecule has 1 heterocycles. The average Bonchev–Trinajstić information content (AvgIpc) is 2.74. The molecule has 1 unspecified atom stereocenters. The molecule has 1 fully saturated rings. The summed E-state index contributed by atoms with van der Waals surface area (Å²) in [7, 11) is 1.84. The summed E-state index contributed by atoms with van der Waals surface area (Å²) in [4.78, 5) is 14.9. The van der Waals surface area contributed by atoms with E-state index in [2.05, 4.69) is 35.3 Å². The van der Waals surface area contributed by atoms with Crippen LogP contribution in [-0.4, -0.2) is 36.1 Å². The highest BCUT2D eigenvalue weighted by Gasteiger charge is 2.40. The highest BCUT2D eigenvalue weighted by molar-refractivity contribution is 5.78. The standard InChI is InChI=1S/C26H37N3O2/c1-17-9-10-19(15-20(17)16-29-13-7-6-8-14-29)23(26(3,4)25(30)31)21-11-12-22(28-5)24(27)18(21)2/h9-12,15,23,28H,6-8,13-14,16,27H2,1-5H3,(H,30,31). The van der Waals surface area contributed by atoms with Gasteiger partial charge in [-0.05, 0) is 87.5 Å². The molecule has 0 aliphatic carbocycles. The lowest BCUT2D eigenvalue weighted by molar-refractivity contribution is -0.147. The molecule has 5 heteroatoms. The van der Waals surface area contributed by atoms with Gasteiger partial charge in [0.05, 0.1) is 16.8 Å². The summed E-state index contributed by atoms with van der Waals surface area (Å²) in [5, 5.41) is 13.2. The van der Waals surface area contributed by atoms with Gasteiger partial charge in [0, 0.05) is 19.5 Å². The van der Waals surface area contributed by atoms with E-state index in [9.17, 15) is 9.90 Å². The summed E-state index contributed by atoms with van der Waals surface area (Å²) in [5.41, 5.74) is 12.4. The Labute approximate surface area is 186 Å². The molecule has 1 aliphatic heterocycles. The first kappa shape index (κ1) is 23.1. The minimum atomic E-state index is -0.990. The van der Waals surface area contributed by atoms with Gasteiger partial charge in [0.1, 0.15) is 0 Å². The molecule has 0 bridgehead atoms. The van der Waals surface area contributed by atoms with Crippen molar-refractivity contribution in [2.75, 3.05) is 31.2 Å². The van der Waals surface area contributed by atoms with Crippen molar-refractivity contribution in [3.63, 3.8) is 0 Å². The van der Waals surface area contributed by atoms with E-state index in [4.69, 9.17) is 5.73 Å². The number of rotatable bonds is 7. The number of carboxylic acids is 1. The van der Waals surface area contributed by atoms with Crippen LogP contribution in [0.1, 0.15) is 66.8 Å². The SMILES string of the molecule is CNc1ccc(C(c2ccc(C)c(CN3CCCCC3)c2)C(C)(C)C(=O)O)c(C)c1N. The van der Waals surface area contributed by atoms with Crippen LogP contribution in [0.5, 0.6) is 0 Å². The van der Waals surface area contributed by atoms with Gasteiger partial charge >= 0.3 is 5.97 Å². The number of aryl methyl sites for hydroxylation is 1. The predicted octanol–water partition coefficient (Wildman–Crippen LogP) is 5.16. The zero-order valence-electron chi connectivity index (χ0n) is 19.6. The Morgan fingerprint density at radius 2 is 1.84 bits per heavy atom. The lowest BCUT2D eigenvalue weighted by Gasteiger charge is -2.34. The monoisotopic (exact) mass is 423 g/mol. The van der Waals surface area contributed by atoms with Gasteiger partial charge in [-0.25, -0.2) is 0 Å². The molecule has 2 aromatic carbocycles. The Kier molecular flexibility index (Phi) is 6.95. The fourth-order valence-electron chi connectivity index (χ4n) is 4.78. The number of hydrogen-bond donors (Lipinski definition) is 3. The first-order chi connectivity index (χ1) is 14.7. The third-order valence-electron chi connectivity index (χ3n) is 6.96. The van der Waals surface area contributed by atoms with Gasteiger partial charge in [-0.1, -0.05) is 30.7 Å². The number of piperidine rings is 1. The first-order valence-corrected chi connectivity index (χ1v) is 11.3. The maximum Gasteiger partial charge on any atom is 0.310 e. The summed E-state index contributed by atoms with van der Waals surface area (Å²) in [5.74, 6) is -1.12. The molecule has 1 aliphatic rings. The number of anilines is 2. The van der Waals surface area contributed by atoms with E-state index >= 15 is 0 Å². The number of hydrogen-bond acceptors (Lipinski definition) is 4. The molecule has 2 aromatic rings. The highest BCUT2D eigenvalue weighted by atomic mass is 16.4. The zero-order chi connectivity index (χ0) is 22.8. The Morgan fingerprint density at radius 1 is 1.16 bits per heavy atom. The topological polar surface area (TPSA) is 78.6 Å². The van der Waals surface area contributed by atoms with E-state index < -0.39 is 11.4 Å². The lowest BCUT2D eigenvalue weighted by Crippen LogP contribution is -2.33. The van der Waals surface area contributed by atoms with E-state index in [1.165, 1.54) is 30.4 Å². The van der Waals surface area contributed by atoms with E-state index in [-0.39, 0.29) is 5.92 Å². The first-order valence-electron chi connectivity index (χ1n) is 11.3. The van der Waals surface area contributed by atoms with Gasteiger partial charge in [0.25, 0.3) is 0 Å². The van der Waals surface area contributed by atoms with Crippen molar-refractivity contribution in [2.24, 2.45) is 5.41 Å². The molecule has 0 radical (unpaired) electrons. The predicted molar refractivity (Wildman–Crippen MR) is 129 cm³/mol. The van der Waals surface area contributed by atoms with Crippen molar-refractivity contribution in [3.8, 4) is 0 Å². The van der Waals surface area contributed by atoms with Gasteiger partial charge in [-0.15, -0.1) is 0 Å². The van der Waals surface area contributed by atoms with Crippen LogP contribution in [-0.2, 0) is 11.3 Å². The average molecular weight is 424 g/mol. The quantitative estimate of drug-likeness (QED) is 0.536. The van der Waals surface area contributed by atoms with Crippen molar-refractivity contribution in [2.45, 2.75) is 59.4 Å². The minimum Gasteiger partial charge on any atom is -0.481 e. The molecule has 168 valence electrons. The maximum atomic E-state index is 12.3. The van der Waals surface area contributed by atoms with E-state index in [0.717, 1.165) is 42.0 Å². The third kappa shape index (κ3) is 4.72. The molecule has 5 nitrogen and oxygen atoms in total. The number of nitrogens with one attached hydrogen (secondary N) is 1. The van der Waals surface area contributed by atoms with Gasteiger partial charge in [0.15, 0.2) is 0 Å². The Hall–Kier alpha value is -2.53. The van der Waals surface area contributed by atoms with Crippen LogP contribution in [0.15, 0.2) is 30.3 Å². The maximum absolute atomic E-state index is 12.3. The Balaban J connectivity index is 2.10. The fourth-order valence-corrected chi connectivity index (χ4v) is 4.78. The molecular formula is C26H37N3O2. The molecule has 0 saturated carbocycles. The minimum absolute atomic E-state index is 0.307. The Bertz CT molecular complexity index is 946. The Morgan fingerprint density at radius 3 is 2.45 bits per heavy atom. The summed E-state index contributed by atoms with van der Waals surface area (Å²) in [6, 6.07) is 10.4. The van der Waals surface area contributed by atoms with E-state index in [1.54, 1.807) is 0 Å². The second-order valence-corrected chi connectivity index (χ2v) is 9.47. The number of aliphatic carboxylic acids is 1. The summed E-state index contributed by atoms with van der Waals surface area (Å²) in [6.45, 7) is 10.9. The molecular weight excluding hydrogens is 386 g/mol. The molecule has 1 atom stereocenters. The smallest absolute Gasteiger partial charge is 0.310 e. The van der Waals surface area contributed by atoms with Gasteiger partial charge in [0.2, 0.25) is 0 Å². The van der Waals surface area contributed by atoms with Crippen LogP contribution in [0, 0.1) is 19.3 Å². The van der Waals surface area contributed by atoms with Crippen LogP contribution < -0.4 is 11.1 Å². The molecule has 31 heavy (non-hydrogen) atoms. The van der Waals surface area contributed by atoms with Crippen LogP contribution in [0.4, 0.5) is 11.4 Å². The molecule has 4 N–H and O–H groups in total. The van der Waals surface area contributed by atoms with Gasteiger partial charge < -0.3 is 16.2 Å². The van der Waals surface area contributed by atoms with Gasteiger partial charge in [-0.3, -0.25) is 9.69 Å². The molecule has 0 aromatic heterocycles. The van der Waals surface area contributed by atoms with Crippen molar-refractivity contribution in [1.29, 1.82) is 0 Å². The van der Waals surface area contributed by atoms with Crippen LogP contribution >= 0.6 is 0 Å². The number of carboxylic acid groups (broad SMARTS) is 1. The normalized spacial score (nSPS) is 16.2. The summed E-state index contributed by atoms with van der Waals surface area (Å²) in [6.07, 6.45) is 3.82. The van der Waals surface area contributed by atoms with Crippen LogP contribution in [0.2, 0.25) is 0 Å². The zero-order valence-corrected chi connectivity index (χ0v) is 19.6. The number of likely N-dealkylation sites (tertiary alicyclic amines) is 1. The second kappa shape index (κ2) is 9.31. The van der Waals surface area contributed by atoms with Crippen molar-refractivity contribution >= 4 is 17.3 Å². The van der Waals surface area contributed by atoms with Gasteiger partial charge in [-0.2, -0.15) is 0 Å². The highest BCUT2D eigenvalue weighted by Crippen LogP contribution is 2.45. The largest absolute Gasteiger partial charge is 0.481 e. The molecule has 0 amide bonds. The summed E-state index contributed by atoms with van der Waals surface area (Å²) < 4.78 is 0. The fraction of sp³-hybridized carbons (Fsp3) is 0.500. The molecule has 3 rings (SSSR count). The number of nitrogens with two attached hydrogens (primary N) is 1. The van der Waals surface area contributed by atoms with Crippen molar-refractivity contribution in [3.05, 3.63) is 58.1 Å². The third-order valence-corrected chi connectivity index (χ3v) is 6.96. The summed E-state index contributed by atoms with van der Waals surface area (Å²) >= 11 is 0. The molecule has 1 saturated heterocycles. The van der Waals surface area contributed by atoms with Crippen molar-refractivity contribution in [1.82, 2.24) is 4.90 Å². The van der Waals surface area contributed by atoms with Crippen LogP contribution in [0.3, 0.4) is 0 Å². The number of nitrogens with zero attached hydrogens (tertiary/aromatic N) is 1. The second-order valence-electron chi connectivity index (χ2n) is 9.47. The van der Waals surface area contributed by atoms with Crippen LogP contribution in [0.25, 0.3) is 0 Å². The molecule has 0 spiro atoms. The number of benzene rings is 2. The van der Waals surface area contributed by atoms with E-state index in [1.807, 2.05) is 40.0 Å². The van der Waals surface area contributed by atoms with E-state index in [0.29, 0.717) is 5.69 Å². The van der Waals surface area contributed by atoms with Crippen molar-refractivity contribution < 1.29 is 9.90 Å². The lowest BCUT2D eigenvalue weighted by atomic mass is 9.69. The number of nitrogen functional groups attached to an aromatic ring is 1.